The monoisotopic (exact) mass is 233 g/mol. The number of hydrogen-bond acceptors (Lipinski definition) is 4. The van der Waals surface area contributed by atoms with Crippen molar-refractivity contribution in [3.05, 3.63) is 42.3 Å². The van der Waals surface area contributed by atoms with E-state index in [1.165, 1.54) is 0 Å². The molecule has 0 unspecified atom stereocenters. The molecule has 0 saturated heterocycles. The highest BCUT2D eigenvalue weighted by atomic mass is 16.5. The molecule has 0 N–H and O–H groups in total. The van der Waals surface area contributed by atoms with Gasteiger partial charge in [-0.3, -0.25) is 4.99 Å². The molecule has 1 aromatic rings. The summed E-state index contributed by atoms with van der Waals surface area (Å²) in [5.41, 5.74) is 0. The maximum Gasteiger partial charge on any atom is 0.163 e. The Morgan fingerprint density at radius 3 is 2.47 bits per heavy atom. The molecule has 1 heterocycles. The molecule has 92 valence electrons. The predicted molar refractivity (Wildman–Crippen MR) is 71.2 cm³/mol. The quantitative estimate of drug-likeness (QED) is 0.455. The van der Waals surface area contributed by atoms with Crippen LogP contribution in [0.2, 0.25) is 0 Å². The molecule has 0 bridgehead atoms. The Morgan fingerprint density at radius 2 is 1.94 bits per heavy atom. The summed E-state index contributed by atoms with van der Waals surface area (Å²) in [4.78, 5) is 11.6. The number of allylic oxidation sites excluding steroid dienone is 3. The van der Waals surface area contributed by atoms with Crippen molar-refractivity contribution in [3.63, 3.8) is 0 Å². The van der Waals surface area contributed by atoms with Gasteiger partial charge < -0.3 is 4.74 Å². The third kappa shape index (κ3) is 7.00. The van der Waals surface area contributed by atoms with E-state index in [0.29, 0.717) is 5.75 Å². The normalized spacial score (nSPS) is 10.7. The molecular formula is C13H19N3O. The Kier molecular flexibility index (Phi) is 8.20. The lowest BCUT2D eigenvalue weighted by molar-refractivity contribution is 0.423. The number of aryl methyl sites for hydroxylation is 1. The summed E-state index contributed by atoms with van der Waals surface area (Å²) in [6.45, 7) is 11.0. The van der Waals surface area contributed by atoms with Crippen molar-refractivity contribution < 1.29 is 4.74 Å². The van der Waals surface area contributed by atoms with E-state index < -0.39 is 0 Å². The summed E-state index contributed by atoms with van der Waals surface area (Å²) in [5.74, 6) is 2.08. The highest BCUT2D eigenvalue weighted by Crippen LogP contribution is 2.10. The van der Waals surface area contributed by atoms with Gasteiger partial charge in [-0.15, -0.1) is 0 Å². The van der Waals surface area contributed by atoms with Crippen molar-refractivity contribution in [2.75, 3.05) is 0 Å². The second kappa shape index (κ2) is 9.27. The highest BCUT2D eigenvalue weighted by Gasteiger charge is 1.95. The minimum Gasteiger partial charge on any atom is -0.459 e. The summed E-state index contributed by atoms with van der Waals surface area (Å²) in [6, 6.07) is 0. The Bertz CT molecular complexity index is 380. The SMILES string of the molecule is C=N/C=C\C=C(/C)Oc1cnc(C)nc1.CC. The molecule has 0 aromatic carbocycles. The lowest BCUT2D eigenvalue weighted by atomic mass is 10.4. The Morgan fingerprint density at radius 1 is 1.35 bits per heavy atom. The molecule has 0 aliphatic rings. The largest absolute Gasteiger partial charge is 0.459 e. The van der Waals surface area contributed by atoms with E-state index in [1.807, 2.05) is 27.7 Å². The maximum atomic E-state index is 5.44. The van der Waals surface area contributed by atoms with E-state index in [-0.39, 0.29) is 0 Å². The van der Waals surface area contributed by atoms with Crippen LogP contribution in [-0.2, 0) is 0 Å². The number of aromatic nitrogens is 2. The third-order valence-electron chi connectivity index (χ3n) is 1.56. The van der Waals surface area contributed by atoms with E-state index in [2.05, 4.69) is 21.7 Å². The molecule has 1 rings (SSSR count). The molecule has 0 radical (unpaired) electrons. The molecule has 0 spiro atoms. The van der Waals surface area contributed by atoms with Crippen molar-refractivity contribution in [2.24, 2.45) is 4.99 Å². The minimum atomic E-state index is 0.620. The van der Waals surface area contributed by atoms with Gasteiger partial charge in [0.1, 0.15) is 11.6 Å². The maximum absolute atomic E-state index is 5.44. The van der Waals surface area contributed by atoms with Crippen molar-refractivity contribution in [2.45, 2.75) is 27.7 Å². The molecule has 4 nitrogen and oxygen atoms in total. The predicted octanol–water partition coefficient (Wildman–Crippen LogP) is 3.31. The number of rotatable bonds is 4. The molecule has 0 atom stereocenters. The first-order chi connectivity index (χ1) is 8.22. The average molecular weight is 233 g/mol. The van der Waals surface area contributed by atoms with Gasteiger partial charge in [0.2, 0.25) is 0 Å². The van der Waals surface area contributed by atoms with Crippen LogP contribution in [0.5, 0.6) is 5.75 Å². The van der Waals surface area contributed by atoms with Crippen molar-refractivity contribution in [3.8, 4) is 5.75 Å². The van der Waals surface area contributed by atoms with Crippen molar-refractivity contribution >= 4 is 6.72 Å². The zero-order valence-corrected chi connectivity index (χ0v) is 10.8. The van der Waals surface area contributed by atoms with Crippen molar-refractivity contribution in [1.82, 2.24) is 9.97 Å². The summed E-state index contributed by atoms with van der Waals surface area (Å²) >= 11 is 0. The highest BCUT2D eigenvalue weighted by molar-refractivity contribution is 5.26. The van der Waals surface area contributed by atoms with E-state index in [9.17, 15) is 0 Å². The molecule has 0 saturated carbocycles. The summed E-state index contributed by atoms with van der Waals surface area (Å²) < 4.78 is 5.44. The fourth-order valence-corrected chi connectivity index (χ4v) is 0.893. The molecule has 1 aromatic heterocycles. The minimum absolute atomic E-state index is 0.620. The van der Waals surface area contributed by atoms with Crippen LogP contribution in [0.3, 0.4) is 0 Å². The van der Waals surface area contributed by atoms with E-state index in [0.717, 1.165) is 11.6 Å². The van der Waals surface area contributed by atoms with Gasteiger partial charge in [-0.2, -0.15) is 0 Å². The van der Waals surface area contributed by atoms with Gasteiger partial charge in [0, 0.05) is 6.20 Å². The Balaban J connectivity index is 0.00000121. The first kappa shape index (κ1) is 15.0. The van der Waals surface area contributed by atoms with Gasteiger partial charge in [-0.1, -0.05) is 13.8 Å². The smallest absolute Gasteiger partial charge is 0.163 e. The zero-order valence-electron chi connectivity index (χ0n) is 10.8. The van der Waals surface area contributed by atoms with Gasteiger partial charge >= 0.3 is 0 Å². The van der Waals surface area contributed by atoms with Gasteiger partial charge in [0.05, 0.1) is 12.4 Å². The first-order valence-corrected chi connectivity index (χ1v) is 5.48. The number of ether oxygens (including phenoxy) is 1. The lowest BCUT2D eigenvalue weighted by Gasteiger charge is -2.03. The van der Waals surface area contributed by atoms with Crippen molar-refractivity contribution in [1.29, 1.82) is 0 Å². The molecule has 0 amide bonds. The number of hydrogen-bond donors (Lipinski definition) is 0. The lowest BCUT2D eigenvalue weighted by Crippen LogP contribution is -1.93. The summed E-state index contributed by atoms with van der Waals surface area (Å²) in [7, 11) is 0. The fraction of sp³-hybridized carbons (Fsp3) is 0.308. The van der Waals surface area contributed by atoms with Crippen LogP contribution in [-0.4, -0.2) is 16.7 Å². The summed E-state index contributed by atoms with van der Waals surface area (Å²) in [5, 5.41) is 0. The van der Waals surface area contributed by atoms with Crippen LogP contribution in [0.15, 0.2) is 41.5 Å². The second-order valence-corrected chi connectivity index (χ2v) is 2.87. The second-order valence-electron chi connectivity index (χ2n) is 2.87. The summed E-state index contributed by atoms with van der Waals surface area (Å²) in [6.07, 6.45) is 8.38. The molecule has 0 aliphatic heterocycles. The van der Waals surface area contributed by atoms with Crippen LogP contribution < -0.4 is 4.74 Å². The van der Waals surface area contributed by atoms with Crippen LogP contribution in [0.1, 0.15) is 26.6 Å². The number of nitrogens with zero attached hydrogens (tertiary/aromatic N) is 3. The van der Waals surface area contributed by atoms with Crippen LogP contribution >= 0.6 is 0 Å². The van der Waals surface area contributed by atoms with E-state index >= 15 is 0 Å². The van der Waals surface area contributed by atoms with Gasteiger partial charge in [-0.05, 0) is 32.7 Å². The Hall–Kier alpha value is -1.97. The van der Waals surface area contributed by atoms with Gasteiger partial charge in [-0.25, -0.2) is 9.97 Å². The molecule has 0 aliphatic carbocycles. The zero-order chi connectivity index (χ0) is 13.1. The van der Waals surface area contributed by atoms with Crippen LogP contribution in [0, 0.1) is 6.92 Å². The number of aliphatic imine (C=N–C) groups is 1. The molecule has 17 heavy (non-hydrogen) atoms. The Labute approximate surface area is 103 Å². The first-order valence-electron chi connectivity index (χ1n) is 5.48. The molecular weight excluding hydrogens is 214 g/mol. The molecule has 0 fully saturated rings. The van der Waals surface area contributed by atoms with E-state index in [4.69, 9.17) is 4.74 Å². The average Bonchev–Trinajstić information content (AvgIpc) is 2.35. The van der Waals surface area contributed by atoms with E-state index in [1.54, 1.807) is 30.7 Å². The molecule has 4 heteroatoms. The topological polar surface area (TPSA) is 47.4 Å². The van der Waals surface area contributed by atoms with Crippen LogP contribution in [0.25, 0.3) is 0 Å². The fourth-order valence-electron chi connectivity index (χ4n) is 0.893. The van der Waals surface area contributed by atoms with Gasteiger partial charge in [0.15, 0.2) is 5.75 Å². The third-order valence-corrected chi connectivity index (χ3v) is 1.56. The standard InChI is InChI=1S/C11H13N3O.C2H6/c1-9(5-4-6-12-3)15-11-7-13-10(2)14-8-11;1-2/h4-8H,3H2,1-2H3;1-2H3/b6-4-,9-5+;. The van der Waals surface area contributed by atoms with Gasteiger partial charge in [0.25, 0.3) is 0 Å². The van der Waals surface area contributed by atoms with Crippen LogP contribution in [0.4, 0.5) is 0 Å².